The molecule has 1 amide bonds. The van der Waals surface area contributed by atoms with E-state index >= 15 is 0 Å². The first-order valence-electron chi connectivity index (χ1n) is 6.69. The van der Waals surface area contributed by atoms with Crippen LogP contribution in [0, 0.1) is 13.8 Å². The predicted molar refractivity (Wildman–Crippen MR) is 75.8 cm³/mol. The Morgan fingerprint density at radius 3 is 2.81 bits per heavy atom. The molecule has 0 saturated heterocycles. The minimum atomic E-state index is -0.283. The molecule has 1 N–H and O–H groups in total. The highest BCUT2D eigenvalue weighted by atomic mass is 16.5. The SMILES string of the molecule is COCc1c(C(=O)N[C@@H](C)c2cn(C)nc2C)noc1C. The van der Waals surface area contributed by atoms with Crippen LogP contribution in [-0.4, -0.2) is 28.0 Å². The summed E-state index contributed by atoms with van der Waals surface area (Å²) in [4.78, 5) is 12.3. The lowest BCUT2D eigenvalue weighted by Crippen LogP contribution is -2.28. The normalized spacial score (nSPS) is 12.4. The fourth-order valence-corrected chi connectivity index (χ4v) is 2.27. The number of aromatic nitrogens is 3. The zero-order valence-electron chi connectivity index (χ0n) is 12.9. The van der Waals surface area contributed by atoms with Gasteiger partial charge in [0.25, 0.3) is 5.91 Å². The Morgan fingerprint density at radius 1 is 1.52 bits per heavy atom. The van der Waals surface area contributed by atoms with E-state index in [1.54, 1.807) is 18.7 Å². The van der Waals surface area contributed by atoms with Crippen LogP contribution >= 0.6 is 0 Å². The van der Waals surface area contributed by atoms with Crippen molar-refractivity contribution < 1.29 is 14.1 Å². The molecule has 2 rings (SSSR count). The second-order valence-electron chi connectivity index (χ2n) is 5.04. The number of nitrogens with zero attached hydrogens (tertiary/aromatic N) is 3. The molecule has 0 aliphatic rings. The second-order valence-corrected chi connectivity index (χ2v) is 5.04. The summed E-state index contributed by atoms with van der Waals surface area (Å²) in [6.45, 7) is 5.87. The number of carbonyl (C=O) groups is 1. The van der Waals surface area contributed by atoms with E-state index in [9.17, 15) is 4.79 Å². The van der Waals surface area contributed by atoms with E-state index in [0.717, 1.165) is 11.3 Å². The third-order valence-electron chi connectivity index (χ3n) is 3.35. The molecule has 2 aromatic rings. The van der Waals surface area contributed by atoms with Crippen LogP contribution in [0.2, 0.25) is 0 Å². The van der Waals surface area contributed by atoms with Crippen molar-refractivity contribution in [3.63, 3.8) is 0 Å². The van der Waals surface area contributed by atoms with Gasteiger partial charge in [-0.1, -0.05) is 5.16 Å². The Hall–Kier alpha value is -2.15. The maximum absolute atomic E-state index is 12.3. The summed E-state index contributed by atoms with van der Waals surface area (Å²) in [6.07, 6.45) is 1.89. The molecule has 21 heavy (non-hydrogen) atoms. The lowest BCUT2D eigenvalue weighted by Gasteiger charge is -2.12. The molecule has 0 saturated carbocycles. The lowest BCUT2D eigenvalue weighted by molar-refractivity contribution is 0.0926. The van der Waals surface area contributed by atoms with Gasteiger partial charge in [0.1, 0.15) is 5.76 Å². The summed E-state index contributed by atoms with van der Waals surface area (Å²) in [5.41, 5.74) is 2.80. The van der Waals surface area contributed by atoms with Crippen molar-refractivity contribution >= 4 is 5.91 Å². The first-order valence-corrected chi connectivity index (χ1v) is 6.69. The monoisotopic (exact) mass is 292 g/mol. The van der Waals surface area contributed by atoms with E-state index in [1.165, 1.54) is 0 Å². The maximum atomic E-state index is 12.3. The quantitative estimate of drug-likeness (QED) is 0.906. The molecule has 7 nitrogen and oxygen atoms in total. The van der Waals surface area contributed by atoms with Gasteiger partial charge >= 0.3 is 0 Å². The largest absolute Gasteiger partial charge is 0.380 e. The summed E-state index contributed by atoms with van der Waals surface area (Å²) in [5.74, 6) is 0.307. The fourth-order valence-electron chi connectivity index (χ4n) is 2.27. The van der Waals surface area contributed by atoms with Gasteiger partial charge < -0.3 is 14.6 Å². The number of ether oxygens (including phenoxy) is 1. The number of aryl methyl sites for hydroxylation is 3. The van der Waals surface area contributed by atoms with Crippen LogP contribution in [0.1, 0.15) is 46.0 Å². The number of amides is 1. The van der Waals surface area contributed by atoms with Crippen molar-refractivity contribution in [2.24, 2.45) is 7.05 Å². The Labute approximate surface area is 123 Å². The predicted octanol–water partition coefficient (Wildman–Crippen LogP) is 1.66. The molecule has 0 aromatic carbocycles. The molecule has 0 fully saturated rings. The van der Waals surface area contributed by atoms with Crippen LogP contribution in [0.25, 0.3) is 0 Å². The Morgan fingerprint density at radius 2 is 2.24 bits per heavy atom. The highest BCUT2D eigenvalue weighted by Crippen LogP contribution is 2.18. The number of methoxy groups -OCH3 is 1. The molecule has 1 atom stereocenters. The van der Waals surface area contributed by atoms with Gasteiger partial charge in [-0.2, -0.15) is 5.10 Å². The van der Waals surface area contributed by atoms with Crippen molar-refractivity contribution in [3.8, 4) is 0 Å². The second kappa shape index (κ2) is 6.09. The van der Waals surface area contributed by atoms with Gasteiger partial charge in [0.05, 0.1) is 23.9 Å². The summed E-state index contributed by atoms with van der Waals surface area (Å²) < 4.78 is 11.9. The molecular weight excluding hydrogens is 272 g/mol. The Kier molecular flexibility index (Phi) is 4.42. The number of rotatable bonds is 5. The van der Waals surface area contributed by atoms with Crippen molar-refractivity contribution in [3.05, 3.63) is 34.5 Å². The first kappa shape index (κ1) is 15.2. The number of hydrogen-bond acceptors (Lipinski definition) is 5. The summed E-state index contributed by atoms with van der Waals surface area (Å²) in [7, 11) is 3.42. The van der Waals surface area contributed by atoms with Crippen LogP contribution < -0.4 is 5.32 Å². The molecule has 0 aliphatic heterocycles. The molecule has 0 unspecified atom stereocenters. The van der Waals surface area contributed by atoms with E-state index in [2.05, 4.69) is 15.6 Å². The Balaban J connectivity index is 2.16. The average molecular weight is 292 g/mol. The highest BCUT2D eigenvalue weighted by Gasteiger charge is 2.22. The van der Waals surface area contributed by atoms with Crippen molar-refractivity contribution in [2.45, 2.75) is 33.4 Å². The molecule has 0 aliphatic carbocycles. The molecule has 2 aromatic heterocycles. The van der Waals surface area contributed by atoms with E-state index in [0.29, 0.717) is 17.9 Å². The molecular formula is C14H20N4O3. The molecule has 114 valence electrons. The van der Waals surface area contributed by atoms with E-state index in [-0.39, 0.29) is 17.6 Å². The van der Waals surface area contributed by atoms with Gasteiger partial charge in [-0.05, 0) is 20.8 Å². The maximum Gasteiger partial charge on any atom is 0.274 e. The van der Waals surface area contributed by atoms with E-state index < -0.39 is 0 Å². The van der Waals surface area contributed by atoms with E-state index in [4.69, 9.17) is 9.26 Å². The topological polar surface area (TPSA) is 82.2 Å². The number of carbonyl (C=O) groups excluding carboxylic acids is 1. The van der Waals surface area contributed by atoms with Gasteiger partial charge in [0, 0.05) is 25.9 Å². The number of hydrogen-bond donors (Lipinski definition) is 1. The average Bonchev–Trinajstić information content (AvgIpc) is 2.94. The first-order chi connectivity index (χ1) is 9.93. The third kappa shape index (κ3) is 3.13. The summed E-state index contributed by atoms with van der Waals surface area (Å²) in [5, 5.41) is 11.0. The van der Waals surface area contributed by atoms with Gasteiger partial charge in [-0.25, -0.2) is 0 Å². The van der Waals surface area contributed by atoms with Crippen LogP contribution in [0.5, 0.6) is 0 Å². The standard InChI is InChI=1S/C14H20N4O3/c1-8(11-6-18(4)16-9(11)2)15-14(19)13-12(7-20-5)10(3)21-17-13/h6,8H,7H2,1-5H3,(H,15,19)/t8-/m0/s1. The number of nitrogens with one attached hydrogen (secondary N) is 1. The van der Waals surface area contributed by atoms with Gasteiger partial charge in [-0.3, -0.25) is 9.48 Å². The zero-order valence-corrected chi connectivity index (χ0v) is 12.9. The van der Waals surface area contributed by atoms with Crippen molar-refractivity contribution in [2.75, 3.05) is 7.11 Å². The highest BCUT2D eigenvalue weighted by molar-refractivity contribution is 5.94. The van der Waals surface area contributed by atoms with Crippen LogP contribution in [0.3, 0.4) is 0 Å². The minimum absolute atomic E-state index is 0.168. The van der Waals surface area contributed by atoms with Gasteiger partial charge in [0.15, 0.2) is 5.69 Å². The van der Waals surface area contributed by atoms with Crippen LogP contribution in [0.15, 0.2) is 10.7 Å². The summed E-state index contributed by atoms with van der Waals surface area (Å²) >= 11 is 0. The molecule has 7 heteroatoms. The fraction of sp³-hybridized carbons (Fsp3) is 0.500. The van der Waals surface area contributed by atoms with E-state index in [1.807, 2.05) is 27.1 Å². The molecule has 0 radical (unpaired) electrons. The molecule has 2 heterocycles. The molecule has 0 spiro atoms. The Bertz CT molecular complexity index is 645. The summed E-state index contributed by atoms with van der Waals surface area (Å²) in [6, 6.07) is -0.168. The van der Waals surface area contributed by atoms with Crippen LogP contribution in [0.4, 0.5) is 0 Å². The smallest absolute Gasteiger partial charge is 0.274 e. The van der Waals surface area contributed by atoms with Crippen molar-refractivity contribution in [1.82, 2.24) is 20.3 Å². The lowest BCUT2D eigenvalue weighted by atomic mass is 10.1. The van der Waals surface area contributed by atoms with Crippen LogP contribution in [-0.2, 0) is 18.4 Å². The minimum Gasteiger partial charge on any atom is -0.380 e. The zero-order chi connectivity index (χ0) is 15.6. The third-order valence-corrected chi connectivity index (χ3v) is 3.35. The van der Waals surface area contributed by atoms with Gasteiger partial charge in [-0.15, -0.1) is 0 Å². The van der Waals surface area contributed by atoms with Gasteiger partial charge in [0.2, 0.25) is 0 Å². The molecule has 0 bridgehead atoms. The van der Waals surface area contributed by atoms with Crippen molar-refractivity contribution in [1.29, 1.82) is 0 Å².